The van der Waals surface area contributed by atoms with E-state index in [1.54, 1.807) is 19.3 Å². The number of aromatic nitrogens is 3. The number of piperazine rings is 1. The van der Waals surface area contributed by atoms with Gasteiger partial charge in [0.1, 0.15) is 9.88 Å². The zero-order chi connectivity index (χ0) is 15.5. The summed E-state index contributed by atoms with van der Waals surface area (Å²) in [7, 11) is 0. The first-order valence-corrected chi connectivity index (χ1v) is 7.89. The van der Waals surface area contributed by atoms with Gasteiger partial charge in [-0.15, -0.1) is 11.3 Å². The Balaban J connectivity index is 1.58. The van der Waals surface area contributed by atoms with Crippen LogP contribution < -0.4 is 4.90 Å². The molecule has 0 bridgehead atoms. The minimum Gasteiger partial charge on any atom is -0.477 e. The van der Waals surface area contributed by atoms with Crippen LogP contribution in [0, 0.1) is 6.92 Å². The van der Waals surface area contributed by atoms with Crippen molar-refractivity contribution in [1.29, 1.82) is 0 Å². The Hall–Kier alpha value is -2.06. The molecule has 0 amide bonds. The van der Waals surface area contributed by atoms with Crippen molar-refractivity contribution in [3.8, 4) is 0 Å². The third-order valence-corrected chi connectivity index (χ3v) is 4.73. The molecule has 8 heteroatoms. The Labute approximate surface area is 132 Å². The lowest BCUT2D eigenvalue weighted by molar-refractivity contribution is 0.0701. The highest BCUT2D eigenvalue weighted by Crippen LogP contribution is 2.20. The molecule has 22 heavy (non-hydrogen) atoms. The van der Waals surface area contributed by atoms with Gasteiger partial charge in [0.2, 0.25) is 5.95 Å². The second-order valence-corrected chi connectivity index (χ2v) is 6.22. The highest BCUT2D eigenvalue weighted by Gasteiger charge is 2.21. The highest BCUT2D eigenvalue weighted by molar-refractivity contribution is 7.13. The molecule has 1 fully saturated rings. The number of aromatic carboxylic acids is 1. The number of anilines is 1. The second kappa shape index (κ2) is 6.37. The minimum atomic E-state index is -0.896. The molecule has 2 aromatic heterocycles. The van der Waals surface area contributed by atoms with Crippen LogP contribution in [0.1, 0.15) is 20.4 Å². The van der Waals surface area contributed by atoms with Gasteiger partial charge in [0, 0.05) is 38.6 Å². The fraction of sp³-hybridized carbons (Fsp3) is 0.429. The average molecular weight is 319 g/mol. The number of carboxylic acids is 1. The van der Waals surface area contributed by atoms with Crippen LogP contribution in [0.4, 0.5) is 5.95 Å². The molecule has 1 aliphatic heterocycles. The molecule has 0 atom stereocenters. The van der Waals surface area contributed by atoms with Gasteiger partial charge in [-0.3, -0.25) is 4.90 Å². The third kappa shape index (κ3) is 3.23. The number of carboxylic acid groups (broad SMARTS) is 1. The molecule has 2 aromatic rings. The molecule has 7 nitrogen and oxygen atoms in total. The number of aryl methyl sites for hydroxylation is 1. The summed E-state index contributed by atoms with van der Waals surface area (Å²) in [6, 6.07) is 1.81. The van der Waals surface area contributed by atoms with Crippen molar-refractivity contribution >= 4 is 23.3 Å². The van der Waals surface area contributed by atoms with Crippen LogP contribution in [0.2, 0.25) is 0 Å². The van der Waals surface area contributed by atoms with Gasteiger partial charge in [-0.05, 0) is 13.0 Å². The summed E-state index contributed by atoms with van der Waals surface area (Å²) in [5.74, 6) is -0.132. The molecule has 1 N–H and O–H groups in total. The average Bonchev–Trinajstić information content (AvgIpc) is 2.90. The predicted octanol–water partition coefficient (Wildman–Crippen LogP) is 1.26. The minimum absolute atomic E-state index is 0.339. The SMILES string of the molecule is Cc1nc(CN2CCN(c3ncccn3)CC2)sc1C(=O)O. The second-order valence-electron chi connectivity index (χ2n) is 5.14. The van der Waals surface area contributed by atoms with Crippen molar-refractivity contribution in [2.45, 2.75) is 13.5 Å². The van der Waals surface area contributed by atoms with Crippen molar-refractivity contribution in [2.75, 3.05) is 31.1 Å². The summed E-state index contributed by atoms with van der Waals surface area (Å²) in [5, 5.41) is 9.94. The molecule has 0 aliphatic carbocycles. The Bertz CT molecular complexity index is 653. The summed E-state index contributed by atoms with van der Waals surface area (Å²) in [6.45, 7) is 5.94. The largest absolute Gasteiger partial charge is 0.477 e. The van der Waals surface area contributed by atoms with Gasteiger partial charge in [-0.25, -0.2) is 19.7 Å². The lowest BCUT2D eigenvalue weighted by atomic mass is 10.3. The van der Waals surface area contributed by atoms with Crippen molar-refractivity contribution in [2.24, 2.45) is 0 Å². The maximum absolute atomic E-state index is 11.1. The molecular weight excluding hydrogens is 302 g/mol. The number of rotatable bonds is 4. The molecular formula is C14H17N5O2S. The fourth-order valence-corrected chi connectivity index (χ4v) is 3.42. The predicted molar refractivity (Wildman–Crippen MR) is 83.3 cm³/mol. The van der Waals surface area contributed by atoms with Gasteiger partial charge in [0.25, 0.3) is 0 Å². The highest BCUT2D eigenvalue weighted by atomic mass is 32.1. The Kier molecular flexibility index (Phi) is 4.30. The Morgan fingerprint density at radius 3 is 2.55 bits per heavy atom. The molecule has 116 valence electrons. The van der Waals surface area contributed by atoms with E-state index >= 15 is 0 Å². The Morgan fingerprint density at radius 1 is 1.27 bits per heavy atom. The molecule has 0 aromatic carbocycles. The zero-order valence-electron chi connectivity index (χ0n) is 12.3. The van der Waals surface area contributed by atoms with Gasteiger partial charge >= 0.3 is 5.97 Å². The van der Waals surface area contributed by atoms with E-state index in [2.05, 4.69) is 24.8 Å². The first-order chi connectivity index (χ1) is 10.6. The fourth-order valence-electron chi connectivity index (χ4n) is 2.47. The molecule has 0 radical (unpaired) electrons. The standard InChI is InChI=1S/C14H17N5O2S/c1-10-12(13(20)21)22-11(17-10)9-18-5-7-19(8-6-18)14-15-3-2-4-16-14/h2-4H,5-9H2,1H3,(H,20,21). The first-order valence-electron chi connectivity index (χ1n) is 7.07. The van der Waals surface area contributed by atoms with Gasteiger partial charge in [-0.1, -0.05) is 0 Å². The van der Waals surface area contributed by atoms with E-state index < -0.39 is 5.97 Å². The summed E-state index contributed by atoms with van der Waals surface area (Å²) < 4.78 is 0. The molecule has 1 saturated heterocycles. The zero-order valence-corrected chi connectivity index (χ0v) is 13.1. The van der Waals surface area contributed by atoms with Gasteiger partial charge in [0.15, 0.2) is 0 Å². The molecule has 0 unspecified atom stereocenters. The lowest BCUT2D eigenvalue weighted by Gasteiger charge is -2.34. The van der Waals surface area contributed by atoms with Crippen LogP contribution in [0.5, 0.6) is 0 Å². The number of carbonyl (C=O) groups is 1. The van der Waals surface area contributed by atoms with Crippen LogP contribution in [0.25, 0.3) is 0 Å². The van der Waals surface area contributed by atoms with Gasteiger partial charge < -0.3 is 10.0 Å². The van der Waals surface area contributed by atoms with Crippen LogP contribution in [-0.2, 0) is 6.54 Å². The third-order valence-electron chi connectivity index (χ3n) is 3.60. The van der Waals surface area contributed by atoms with E-state index in [0.29, 0.717) is 17.1 Å². The summed E-state index contributed by atoms with van der Waals surface area (Å²) >= 11 is 1.27. The summed E-state index contributed by atoms with van der Waals surface area (Å²) in [6.07, 6.45) is 3.50. The molecule has 3 heterocycles. The van der Waals surface area contributed by atoms with Crippen molar-refractivity contribution < 1.29 is 9.90 Å². The Morgan fingerprint density at radius 2 is 1.95 bits per heavy atom. The quantitative estimate of drug-likeness (QED) is 0.908. The van der Waals surface area contributed by atoms with Gasteiger partial charge in [0.05, 0.1) is 12.2 Å². The molecule has 0 saturated carbocycles. The van der Waals surface area contributed by atoms with Gasteiger partial charge in [-0.2, -0.15) is 0 Å². The van der Waals surface area contributed by atoms with Crippen LogP contribution in [-0.4, -0.2) is 57.1 Å². The smallest absolute Gasteiger partial charge is 0.347 e. The summed E-state index contributed by atoms with van der Waals surface area (Å²) in [5.41, 5.74) is 0.601. The number of hydrogen-bond donors (Lipinski definition) is 1. The van der Waals surface area contributed by atoms with E-state index in [1.807, 2.05) is 6.07 Å². The number of nitrogens with zero attached hydrogens (tertiary/aromatic N) is 5. The van der Waals surface area contributed by atoms with Crippen LogP contribution in [0.15, 0.2) is 18.5 Å². The first kappa shape index (κ1) is 14.9. The molecule has 3 rings (SSSR count). The lowest BCUT2D eigenvalue weighted by Crippen LogP contribution is -2.46. The summed E-state index contributed by atoms with van der Waals surface area (Å²) in [4.78, 5) is 28.7. The van der Waals surface area contributed by atoms with Crippen molar-refractivity contribution in [3.63, 3.8) is 0 Å². The molecule has 0 spiro atoms. The van der Waals surface area contributed by atoms with E-state index in [4.69, 9.17) is 5.11 Å². The maximum Gasteiger partial charge on any atom is 0.347 e. The van der Waals surface area contributed by atoms with E-state index in [-0.39, 0.29) is 0 Å². The van der Waals surface area contributed by atoms with Crippen molar-refractivity contribution in [3.05, 3.63) is 34.0 Å². The maximum atomic E-state index is 11.1. The van der Waals surface area contributed by atoms with E-state index in [0.717, 1.165) is 37.1 Å². The van der Waals surface area contributed by atoms with E-state index in [9.17, 15) is 4.79 Å². The van der Waals surface area contributed by atoms with Crippen LogP contribution >= 0.6 is 11.3 Å². The normalized spacial score (nSPS) is 16.0. The van der Waals surface area contributed by atoms with E-state index in [1.165, 1.54) is 11.3 Å². The number of hydrogen-bond acceptors (Lipinski definition) is 7. The monoisotopic (exact) mass is 319 g/mol. The molecule has 1 aliphatic rings. The van der Waals surface area contributed by atoms with Crippen molar-refractivity contribution in [1.82, 2.24) is 19.9 Å². The topological polar surface area (TPSA) is 82.5 Å². The number of thiazole rings is 1. The van der Waals surface area contributed by atoms with Crippen LogP contribution in [0.3, 0.4) is 0 Å².